The number of sulfone groups is 1. The quantitative estimate of drug-likeness (QED) is 0.712. The fraction of sp³-hybridized carbons (Fsp3) is 0.118. The number of hydrogen-bond acceptors (Lipinski definition) is 4. The van der Waals surface area contributed by atoms with Crippen LogP contribution in [0.2, 0.25) is 0 Å². The van der Waals surface area contributed by atoms with Gasteiger partial charge in [-0.25, -0.2) is 8.42 Å². The largest absolute Gasteiger partial charge is 0.356 e. The molecule has 0 spiro atoms. The van der Waals surface area contributed by atoms with E-state index < -0.39 is 9.84 Å². The molecule has 1 aromatic heterocycles. The van der Waals surface area contributed by atoms with Gasteiger partial charge < -0.3 is 5.32 Å². The predicted molar refractivity (Wildman–Crippen MR) is 99.2 cm³/mol. The summed E-state index contributed by atoms with van der Waals surface area (Å²) >= 11 is 3.51. The molecule has 2 aromatic carbocycles. The smallest absolute Gasteiger partial charge is 0.175 e. The van der Waals surface area contributed by atoms with Crippen molar-refractivity contribution in [2.45, 2.75) is 4.90 Å². The highest BCUT2D eigenvalue weighted by atomic mass is 79.9. The van der Waals surface area contributed by atoms with Crippen LogP contribution in [0, 0.1) is 0 Å². The van der Waals surface area contributed by atoms with Crippen LogP contribution in [0.15, 0.2) is 64.1 Å². The van der Waals surface area contributed by atoms with E-state index in [1.165, 1.54) is 6.26 Å². The van der Waals surface area contributed by atoms with Crippen molar-refractivity contribution < 1.29 is 8.42 Å². The highest BCUT2D eigenvalue weighted by Gasteiger charge is 2.10. The number of benzene rings is 2. The second kappa shape index (κ2) is 6.41. The van der Waals surface area contributed by atoms with Crippen LogP contribution in [-0.2, 0) is 16.9 Å². The second-order valence-electron chi connectivity index (χ2n) is 5.47. The third-order valence-corrected chi connectivity index (χ3v) is 5.31. The Morgan fingerprint density at radius 2 is 1.79 bits per heavy atom. The maximum absolute atomic E-state index is 11.5. The first-order valence-corrected chi connectivity index (χ1v) is 9.88. The molecule has 3 rings (SSSR count). The van der Waals surface area contributed by atoms with E-state index in [0.29, 0.717) is 4.90 Å². The molecule has 0 fully saturated rings. The lowest BCUT2D eigenvalue weighted by Crippen LogP contribution is -1.98. The number of nitrogens with zero attached hydrogens (tertiary/aromatic N) is 2. The number of aryl methyl sites for hydroxylation is 1. The van der Waals surface area contributed by atoms with Gasteiger partial charge in [0.25, 0.3) is 0 Å². The third kappa shape index (κ3) is 3.52. The molecule has 3 aromatic rings. The van der Waals surface area contributed by atoms with Crippen LogP contribution in [0.5, 0.6) is 0 Å². The van der Waals surface area contributed by atoms with E-state index in [9.17, 15) is 8.42 Å². The number of nitrogens with one attached hydrogen (secondary N) is 1. The van der Waals surface area contributed by atoms with E-state index in [-0.39, 0.29) is 0 Å². The van der Waals surface area contributed by atoms with Crippen molar-refractivity contribution in [3.8, 4) is 11.3 Å². The minimum Gasteiger partial charge on any atom is -0.356 e. The summed E-state index contributed by atoms with van der Waals surface area (Å²) in [4.78, 5) is 0.306. The van der Waals surface area contributed by atoms with Gasteiger partial charge >= 0.3 is 0 Å². The molecule has 0 aliphatic carbocycles. The summed E-state index contributed by atoms with van der Waals surface area (Å²) in [6.07, 6.45) is 2.96. The van der Waals surface area contributed by atoms with Crippen LogP contribution in [0.1, 0.15) is 0 Å². The number of hydrogen-bond donors (Lipinski definition) is 1. The molecule has 0 amide bonds. The maximum atomic E-state index is 11.5. The summed E-state index contributed by atoms with van der Waals surface area (Å²) in [6, 6.07) is 14.6. The summed E-state index contributed by atoms with van der Waals surface area (Å²) in [6.45, 7) is 0. The summed E-state index contributed by atoms with van der Waals surface area (Å²) < 4.78 is 25.8. The normalized spacial score (nSPS) is 11.5. The molecule has 5 nitrogen and oxygen atoms in total. The van der Waals surface area contributed by atoms with Crippen molar-refractivity contribution >= 4 is 37.1 Å². The topological polar surface area (TPSA) is 64.0 Å². The summed E-state index contributed by atoms with van der Waals surface area (Å²) in [5, 5.41) is 7.52. The van der Waals surface area contributed by atoms with Gasteiger partial charge in [0.05, 0.1) is 21.3 Å². The lowest BCUT2D eigenvalue weighted by atomic mass is 10.1. The Kier molecular flexibility index (Phi) is 4.47. The molecule has 124 valence electrons. The average molecular weight is 406 g/mol. The van der Waals surface area contributed by atoms with Gasteiger partial charge in [0, 0.05) is 30.2 Å². The third-order valence-electron chi connectivity index (χ3n) is 3.60. The van der Waals surface area contributed by atoms with E-state index in [0.717, 1.165) is 27.1 Å². The van der Waals surface area contributed by atoms with Crippen LogP contribution in [0.3, 0.4) is 0 Å². The fourth-order valence-electron chi connectivity index (χ4n) is 2.43. The molecule has 0 radical (unpaired) electrons. The number of rotatable bonds is 4. The zero-order chi connectivity index (χ0) is 17.3. The van der Waals surface area contributed by atoms with Crippen molar-refractivity contribution in [1.82, 2.24) is 9.78 Å². The zero-order valence-corrected chi connectivity index (χ0v) is 15.6. The van der Waals surface area contributed by atoms with Gasteiger partial charge in [0.1, 0.15) is 0 Å². The molecule has 1 heterocycles. The molecule has 0 saturated carbocycles. The minimum absolute atomic E-state index is 0.306. The Labute approximate surface area is 149 Å². The first-order chi connectivity index (χ1) is 11.3. The first-order valence-electron chi connectivity index (χ1n) is 7.20. The van der Waals surface area contributed by atoms with Gasteiger partial charge in [-0.3, -0.25) is 4.68 Å². The van der Waals surface area contributed by atoms with Crippen molar-refractivity contribution in [2.75, 3.05) is 11.6 Å². The standard InChI is InChI=1S/C17H16BrN3O2S/c1-21-17(16(18)11-19-21)12-4-3-5-14(10-12)20-13-6-8-15(9-7-13)24(2,22)23/h3-11,20H,1-2H3. The monoisotopic (exact) mass is 405 g/mol. The van der Waals surface area contributed by atoms with Crippen LogP contribution in [-0.4, -0.2) is 24.5 Å². The number of halogens is 1. The van der Waals surface area contributed by atoms with E-state index in [2.05, 4.69) is 26.3 Å². The van der Waals surface area contributed by atoms with Gasteiger partial charge in [-0.2, -0.15) is 5.10 Å². The lowest BCUT2D eigenvalue weighted by molar-refractivity contribution is 0.602. The van der Waals surface area contributed by atoms with Gasteiger partial charge in [0.15, 0.2) is 9.84 Å². The van der Waals surface area contributed by atoms with Gasteiger partial charge in [0.2, 0.25) is 0 Å². The van der Waals surface area contributed by atoms with Crippen LogP contribution in [0.25, 0.3) is 11.3 Å². The Bertz CT molecular complexity index is 960. The Hall–Kier alpha value is -2.12. The molecule has 7 heteroatoms. The molecule has 0 aliphatic rings. The molecule has 0 saturated heterocycles. The van der Waals surface area contributed by atoms with E-state index in [1.807, 2.05) is 36.0 Å². The van der Waals surface area contributed by atoms with Crippen molar-refractivity contribution in [3.63, 3.8) is 0 Å². The first kappa shape index (κ1) is 16.7. The zero-order valence-electron chi connectivity index (χ0n) is 13.2. The Balaban J connectivity index is 1.88. The second-order valence-corrected chi connectivity index (χ2v) is 8.34. The SMILES string of the molecule is Cn1ncc(Br)c1-c1cccc(Nc2ccc(S(C)(=O)=O)cc2)c1. The summed E-state index contributed by atoms with van der Waals surface area (Å²) in [5.41, 5.74) is 3.75. The van der Waals surface area contributed by atoms with Gasteiger partial charge in [-0.15, -0.1) is 0 Å². The van der Waals surface area contributed by atoms with Gasteiger partial charge in [-0.1, -0.05) is 12.1 Å². The van der Waals surface area contributed by atoms with Crippen LogP contribution < -0.4 is 5.32 Å². The average Bonchev–Trinajstić information content (AvgIpc) is 2.86. The van der Waals surface area contributed by atoms with Gasteiger partial charge in [-0.05, 0) is 52.3 Å². The fourth-order valence-corrected chi connectivity index (χ4v) is 3.64. The highest BCUT2D eigenvalue weighted by molar-refractivity contribution is 9.10. The van der Waals surface area contributed by atoms with Crippen molar-refractivity contribution in [1.29, 1.82) is 0 Å². The predicted octanol–water partition coefficient (Wildman–Crippen LogP) is 4.00. The lowest BCUT2D eigenvalue weighted by Gasteiger charge is -2.10. The van der Waals surface area contributed by atoms with Crippen molar-refractivity contribution in [3.05, 3.63) is 59.2 Å². The minimum atomic E-state index is -3.18. The van der Waals surface area contributed by atoms with E-state index in [4.69, 9.17) is 0 Å². The molecule has 1 N–H and O–H groups in total. The molecule has 0 unspecified atom stereocenters. The summed E-state index contributed by atoms with van der Waals surface area (Å²) in [7, 11) is -1.29. The molecule has 0 atom stereocenters. The highest BCUT2D eigenvalue weighted by Crippen LogP contribution is 2.30. The van der Waals surface area contributed by atoms with E-state index in [1.54, 1.807) is 30.5 Å². The molecule has 0 bridgehead atoms. The Morgan fingerprint density at radius 1 is 1.08 bits per heavy atom. The molecule has 24 heavy (non-hydrogen) atoms. The molecular weight excluding hydrogens is 390 g/mol. The van der Waals surface area contributed by atoms with Crippen LogP contribution in [0.4, 0.5) is 11.4 Å². The molecular formula is C17H16BrN3O2S. The number of anilines is 2. The summed E-state index contributed by atoms with van der Waals surface area (Å²) in [5.74, 6) is 0. The maximum Gasteiger partial charge on any atom is 0.175 e. The Morgan fingerprint density at radius 3 is 2.38 bits per heavy atom. The number of aromatic nitrogens is 2. The molecule has 0 aliphatic heterocycles. The van der Waals surface area contributed by atoms with Crippen LogP contribution >= 0.6 is 15.9 Å². The van der Waals surface area contributed by atoms with Crippen molar-refractivity contribution in [2.24, 2.45) is 7.05 Å². The van der Waals surface area contributed by atoms with E-state index >= 15 is 0 Å².